The van der Waals surface area contributed by atoms with Crippen LogP contribution in [0.1, 0.15) is 60.9 Å². The van der Waals surface area contributed by atoms with Crippen molar-refractivity contribution in [3.8, 4) is 0 Å². The van der Waals surface area contributed by atoms with Crippen LogP contribution in [0.15, 0.2) is 48.5 Å². The molecule has 152 valence electrons. The molecule has 0 aliphatic heterocycles. The minimum Gasteiger partial charge on any atom is -0.389 e. The lowest BCUT2D eigenvalue weighted by atomic mass is 9.58. The molecule has 4 heteroatoms. The first kappa shape index (κ1) is 18.8. The Morgan fingerprint density at radius 3 is 2.72 bits per heavy atom. The number of nitrogens with zero attached hydrogens (tertiary/aromatic N) is 2. The summed E-state index contributed by atoms with van der Waals surface area (Å²) in [6.45, 7) is 1.97. The van der Waals surface area contributed by atoms with E-state index in [1.807, 2.05) is 12.1 Å². The van der Waals surface area contributed by atoms with Gasteiger partial charge in [-0.3, -0.25) is 0 Å². The van der Waals surface area contributed by atoms with Gasteiger partial charge in [-0.1, -0.05) is 36.4 Å². The maximum absolute atomic E-state index is 11.5. The van der Waals surface area contributed by atoms with Gasteiger partial charge in [-0.15, -0.1) is 0 Å². The topological polar surface area (TPSA) is 52.2 Å². The summed E-state index contributed by atoms with van der Waals surface area (Å²) in [7, 11) is 2.18. The van der Waals surface area contributed by atoms with Crippen LogP contribution in [0.5, 0.6) is 0 Å². The van der Waals surface area contributed by atoms with Crippen molar-refractivity contribution in [2.45, 2.75) is 56.0 Å². The molecular formula is C25H31N3O. The van der Waals surface area contributed by atoms with E-state index in [-0.39, 0.29) is 0 Å². The van der Waals surface area contributed by atoms with E-state index in [2.05, 4.69) is 58.3 Å². The molecule has 4 nitrogen and oxygen atoms in total. The second-order valence-corrected chi connectivity index (χ2v) is 9.12. The second kappa shape index (κ2) is 7.58. The van der Waals surface area contributed by atoms with Gasteiger partial charge in [0.1, 0.15) is 5.82 Å². The van der Waals surface area contributed by atoms with Crippen LogP contribution in [0.4, 0.5) is 0 Å². The lowest BCUT2D eigenvalue weighted by Crippen LogP contribution is -2.47. The van der Waals surface area contributed by atoms with Crippen molar-refractivity contribution >= 4 is 11.0 Å². The Morgan fingerprint density at radius 2 is 1.86 bits per heavy atom. The zero-order valence-electron chi connectivity index (χ0n) is 17.3. The van der Waals surface area contributed by atoms with Crippen molar-refractivity contribution in [2.75, 3.05) is 20.1 Å². The van der Waals surface area contributed by atoms with Gasteiger partial charge in [0.15, 0.2) is 0 Å². The van der Waals surface area contributed by atoms with E-state index in [1.165, 1.54) is 17.5 Å². The summed E-state index contributed by atoms with van der Waals surface area (Å²) < 4.78 is 0. The molecule has 3 atom stereocenters. The van der Waals surface area contributed by atoms with Crippen LogP contribution in [0.25, 0.3) is 11.0 Å². The van der Waals surface area contributed by atoms with E-state index in [0.717, 1.165) is 62.1 Å². The highest BCUT2D eigenvalue weighted by Crippen LogP contribution is 2.55. The van der Waals surface area contributed by atoms with Crippen LogP contribution in [0.3, 0.4) is 0 Å². The van der Waals surface area contributed by atoms with Crippen LogP contribution in [0.2, 0.25) is 0 Å². The van der Waals surface area contributed by atoms with Crippen molar-refractivity contribution in [1.29, 1.82) is 0 Å². The van der Waals surface area contributed by atoms with Crippen LogP contribution < -0.4 is 0 Å². The summed E-state index contributed by atoms with van der Waals surface area (Å²) >= 11 is 0. The number of hydrogen-bond donors (Lipinski definition) is 2. The third-order valence-corrected chi connectivity index (χ3v) is 7.18. The van der Waals surface area contributed by atoms with E-state index in [4.69, 9.17) is 0 Å². The molecular weight excluding hydrogens is 358 g/mol. The molecule has 1 heterocycles. The van der Waals surface area contributed by atoms with Crippen molar-refractivity contribution in [2.24, 2.45) is 0 Å². The van der Waals surface area contributed by atoms with Crippen molar-refractivity contribution in [3.63, 3.8) is 0 Å². The van der Waals surface area contributed by atoms with Gasteiger partial charge in [-0.25, -0.2) is 4.98 Å². The highest BCUT2D eigenvalue weighted by atomic mass is 16.3. The molecule has 3 aliphatic carbocycles. The molecule has 29 heavy (non-hydrogen) atoms. The Hall–Kier alpha value is -2.17. The standard InChI is InChI=1S/C25H31N3O/c1-28(15-6-11-24-26-22-9-4-5-10-23(22)27-24)16-14-25(29)17-18-12-13-21(25)20-8-3-2-7-19(18)20/h2-5,7-10,18,21,29H,6,11-17H2,1H3,(H,26,27)/t18-,21-,25+/m0/s1. The molecule has 1 aromatic heterocycles. The number of H-pyrrole nitrogens is 1. The number of rotatable bonds is 7. The van der Waals surface area contributed by atoms with Gasteiger partial charge in [-0.05, 0) is 74.9 Å². The summed E-state index contributed by atoms with van der Waals surface area (Å²) in [6.07, 6.45) is 6.20. The van der Waals surface area contributed by atoms with E-state index < -0.39 is 5.60 Å². The fourth-order valence-electron chi connectivity index (χ4n) is 5.63. The van der Waals surface area contributed by atoms with Crippen LogP contribution >= 0.6 is 0 Å². The number of aryl methyl sites for hydroxylation is 1. The first-order chi connectivity index (χ1) is 14.1. The SMILES string of the molecule is CN(CCCc1nc2ccccc2[nH]1)CC[C@@]1(O)C[C@@H]2CC[C@H]1c1ccccc12. The zero-order valence-corrected chi connectivity index (χ0v) is 17.3. The number of hydrogen-bond acceptors (Lipinski definition) is 3. The first-order valence-corrected chi connectivity index (χ1v) is 11.1. The van der Waals surface area contributed by atoms with Crippen molar-refractivity contribution in [1.82, 2.24) is 14.9 Å². The highest BCUT2D eigenvalue weighted by molar-refractivity contribution is 5.74. The number of para-hydroxylation sites is 2. The van der Waals surface area contributed by atoms with E-state index >= 15 is 0 Å². The summed E-state index contributed by atoms with van der Waals surface area (Å²) in [5, 5.41) is 11.5. The summed E-state index contributed by atoms with van der Waals surface area (Å²) in [5.41, 5.74) is 4.53. The number of aliphatic hydroxyl groups is 1. The molecule has 1 fully saturated rings. The molecule has 2 aromatic carbocycles. The van der Waals surface area contributed by atoms with Gasteiger partial charge >= 0.3 is 0 Å². The average Bonchev–Trinajstić information content (AvgIpc) is 3.16. The number of aromatic amines is 1. The monoisotopic (exact) mass is 389 g/mol. The number of nitrogens with one attached hydrogen (secondary N) is 1. The molecule has 1 saturated carbocycles. The third kappa shape index (κ3) is 3.60. The molecule has 0 saturated heterocycles. The molecule has 2 N–H and O–H groups in total. The smallest absolute Gasteiger partial charge is 0.107 e. The van der Waals surface area contributed by atoms with Gasteiger partial charge in [0.05, 0.1) is 16.6 Å². The Morgan fingerprint density at radius 1 is 1.07 bits per heavy atom. The molecule has 0 radical (unpaired) electrons. The summed E-state index contributed by atoms with van der Waals surface area (Å²) in [6, 6.07) is 17.0. The molecule has 3 aromatic rings. The van der Waals surface area contributed by atoms with Gasteiger partial charge < -0.3 is 15.0 Å². The lowest BCUT2D eigenvalue weighted by molar-refractivity contribution is -0.0452. The number of fused-ring (bicyclic) bond motifs is 3. The average molecular weight is 390 g/mol. The normalized spacial score (nSPS) is 25.6. The lowest BCUT2D eigenvalue weighted by Gasteiger charge is -2.50. The van der Waals surface area contributed by atoms with Gasteiger partial charge in [-0.2, -0.15) is 0 Å². The molecule has 2 bridgehead atoms. The van der Waals surface area contributed by atoms with E-state index in [1.54, 1.807) is 0 Å². The Labute approximate surface area is 173 Å². The molecule has 3 aliphatic rings. The predicted molar refractivity (Wildman–Crippen MR) is 117 cm³/mol. The van der Waals surface area contributed by atoms with E-state index in [9.17, 15) is 5.11 Å². The quantitative estimate of drug-likeness (QED) is 0.620. The van der Waals surface area contributed by atoms with Crippen LogP contribution in [-0.4, -0.2) is 45.7 Å². The largest absolute Gasteiger partial charge is 0.389 e. The van der Waals surface area contributed by atoms with E-state index in [0.29, 0.717) is 11.8 Å². The number of imidazole rings is 1. The van der Waals surface area contributed by atoms with Gasteiger partial charge in [0, 0.05) is 18.9 Å². The minimum atomic E-state index is -0.537. The minimum absolute atomic E-state index is 0.313. The van der Waals surface area contributed by atoms with Gasteiger partial charge in [0.25, 0.3) is 0 Å². The molecule has 0 amide bonds. The van der Waals surface area contributed by atoms with Crippen molar-refractivity contribution in [3.05, 3.63) is 65.5 Å². The maximum atomic E-state index is 11.5. The fraction of sp³-hybridized carbons (Fsp3) is 0.480. The number of aromatic nitrogens is 2. The second-order valence-electron chi connectivity index (χ2n) is 9.12. The molecule has 0 unspecified atom stereocenters. The summed E-state index contributed by atoms with van der Waals surface area (Å²) in [4.78, 5) is 10.5. The number of benzene rings is 2. The Balaban J connectivity index is 1.14. The Kier molecular flexibility index (Phi) is 4.92. The van der Waals surface area contributed by atoms with Crippen LogP contribution in [0, 0.1) is 0 Å². The third-order valence-electron chi connectivity index (χ3n) is 7.18. The molecule has 6 rings (SSSR count). The highest BCUT2D eigenvalue weighted by Gasteiger charge is 2.48. The Bertz CT molecular complexity index is 963. The summed E-state index contributed by atoms with van der Waals surface area (Å²) in [5.74, 6) is 1.92. The van der Waals surface area contributed by atoms with Crippen LogP contribution in [-0.2, 0) is 6.42 Å². The maximum Gasteiger partial charge on any atom is 0.107 e. The zero-order chi connectivity index (χ0) is 19.8. The first-order valence-electron chi connectivity index (χ1n) is 11.1. The molecule has 0 spiro atoms. The van der Waals surface area contributed by atoms with Gasteiger partial charge in [0.2, 0.25) is 0 Å². The van der Waals surface area contributed by atoms with Crippen molar-refractivity contribution < 1.29 is 5.11 Å². The predicted octanol–water partition coefficient (Wildman–Crippen LogP) is 4.61. The fourth-order valence-corrected chi connectivity index (χ4v) is 5.63.